The van der Waals surface area contributed by atoms with Gasteiger partial charge in [-0.25, -0.2) is 0 Å². The summed E-state index contributed by atoms with van der Waals surface area (Å²) in [6.45, 7) is 2.57. The minimum Gasteiger partial charge on any atom is -0.497 e. The van der Waals surface area contributed by atoms with Crippen LogP contribution in [0.15, 0.2) is 42.6 Å². The number of nitrogens with two attached hydrogens (primary N) is 1. The highest BCUT2D eigenvalue weighted by Gasteiger charge is 2.08. The van der Waals surface area contributed by atoms with Crippen molar-refractivity contribution >= 4 is 0 Å². The summed E-state index contributed by atoms with van der Waals surface area (Å²) in [5.41, 5.74) is 8.01. The number of pyridine rings is 1. The molecule has 0 radical (unpaired) electrons. The first-order valence-corrected chi connectivity index (χ1v) is 7.14. The molecule has 4 heteroatoms. The molecule has 2 rings (SSSR count). The second-order valence-corrected chi connectivity index (χ2v) is 5.07. The van der Waals surface area contributed by atoms with Gasteiger partial charge >= 0.3 is 0 Å². The molecule has 0 aliphatic carbocycles. The van der Waals surface area contributed by atoms with E-state index in [9.17, 15) is 0 Å². The monoisotopic (exact) mass is 286 g/mol. The Morgan fingerprint density at radius 1 is 1.24 bits per heavy atom. The Hall–Kier alpha value is -2.07. The van der Waals surface area contributed by atoms with E-state index in [4.69, 9.17) is 15.2 Å². The predicted molar refractivity (Wildman–Crippen MR) is 83.8 cm³/mol. The molecule has 4 nitrogen and oxygen atoms in total. The third-order valence-electron chi connectivity index (χ3n) is 3.16. The molecule has 21 heavy (non-hydrogen) atoms. The zero-order valence-corrected chi connectivity index (χ0v) is 12.6. The van der Waals surface area contributed by atoms with Gasteiger partial charge in [0, 0.05) is 30.4 Å². The van der Waals surface area contributed by atoms with Gasteiger partial charge in [0.15, 0.2) is 0 Å². The lowest BCUT2D eigenvalue weighted by molar-refractivity contribution is 0.313. The zero-order valence-electron chi connectivity index (χ0n) is 12.6. The summed E-state index contributed by atoms with van der Waals surface area (Å²) in [7, 11) is 1.65. The first-order valence-electron chi connectivity index (χ1n) is 7.14. The van der Waals surface area contributed by atoms with E-state index in [2.05, 4.69) is 4.98 Å². The molecule has 0 saturated carbocycles. The number of methoxy groups -OCH3 is 1. The summed E-state index contributed by atoms with van der Waals surface area (Å²) in [6.07, 6.45) is 3.35. The number of nitrogens with zero attached hydrogens (tertiary/aromatic N) is 1. The van der Waals surface area contributed by atoms with Gasteiger partial charge < -0.3 is 15.2 Å². The molecule has 1 aromatic carbocycles. The van der Waals surface area contributed by atoms with Crippen LogP contribution in [0.2, 0.25) is 0 Å². The Morgan fingerprint density at radius 2 is 2.10 bits per heavy atom. The van der Waals surface area contributed by atoms with Crippen LogP contribution in [-0.2, 0) is 12.8 Å². The van der Waals surface area contributed by atoms with Gasteiger partial charge in [0.05, 0.1) is 13.7 Å². The fourth-order valence-electron chi connectivity index (χ4n) is 2.12. The molecule has 2 N–H and O–H groups in total. The lowest BCUT2D eigenvalue weighted by Gasteiger charge is -2.14. The van der Waals surface area contributed by atoms with Crippen molar-refractivity contribution in [1.29, 1.82) is 0 Å². The van der Waals surface area contributed by atoms with Crippen LogP contribution >= 0.6 is 0 Å². The van der Waals surface area contributed by atoms with Crippen molar-refractivity contribution in [2.24, 2.45) is 5.73 Å². The van der Waals surface area contributed by atoms with Crippen molar-refractivity contribution in [1.82, 2.24) is 4.98 Å². The normalized spacial score (nSPS) is 12.0. The minimum atomic E-state index is 0.0940. The zero-order chi connectivity index (χ0) is 15.1. The standard InChI is InChI=1S/C17H22N2O2/c1-13(18)11-14-6-7-16(20-2)12-17(14)21-10-8-15-5-3-4-9-19-15/h3-7,9,12-13H,8,10-11,18H2,1-2H3. The van der Waals surface area contributed by atoms with Crippen molar-refractivity contribution in [3.63, 3.8) is 0 Å². The summed E-state index contributed by atoms with van der Waals surface area (Å²) in [5, 5.41) is 0. The minimum absolute atomic E-state index is 0.0940. The number of hydrogen-bond acceptors (Lipinski definition) is 4. The van der Waals surface area contributed by atoms with Crippen LogP contribution in [0.1, 0.15) is 18.2 Å². The van der Waals surface area contributed by atoms with E-state index in [1.165, 1.54) is 0 Å². The van der Waals surface area contributed by atoms with Crippen LogP contribution in [0.25, 0.3) is 0 Å². The fourth-order valence-corrected chi connectivity index (χ4v) is 2.12. The van der Waals surface area contributed by atoms with Crippen molar-refractivity contribution in [2.45, 2.75) is 25.8 Å². The number of hydrogen-bond donors (Lipinski definition) is 1. The Bertz CT molecular complexity index is 556. The Morgan fingerprint density at radius 3 is 2.76 bits per heavy atom. The first kappa shape index (κ1) is 15.3. The Balaban J connectivity index is 2.02. The number of aromatic nitrogens is 1. The van der Waals surface area contributed by atoms with Crippen molar-refractivity contribution in [2.75, 3.05) is 13.7 Å². The van der Waals surface area contributed by atoms with E-state index in [0.29, 0.717) is 6.61 Å². The summed E-state index contributed by atoms with van der Waals surface area (Å²) in [6, 6.07) is 11.8. The van der Waals surface area contributed by atoms with Gasteiger partial charge in [-0.05, 0) is 37.1 Å². The maximum Gasteiger partial charge on any atom is 0.126 e. The molecule has 0 aliphatic heterocycles. The molecule has 0 bridgehead atoms. The largest absolute Gasteiger partial charge is 0.497 e. The van der Waals surface area contributed by atoms with Crippen LogP contribution in [0.3, 0.4) is 0 Å². The number of rotatable bonds is 7. The molecule has 0 aliphatic rings. The van der Waals surface area contributed by atoms with Gasteiger partial charge in [0.25, 0.3) is 0 Å². The van der Waals surface area contributed by atoms with E-state index < -0.39 is 0 Å². The molecule has 1 aromatic heterocycles. The second-order valence-electron chi connectivity index (χ2n) is 5.07. The van der Waals surface area contributed by atoms with E-state index in [0.717, 1.165) is 35.6 Å². The van der Waals surface area contributed by atoms with Crippen LogP contribution in [0.4, 0.5) is 0 Å². The van der Waals surface area contributed by atoms with Crippen molar-refractivity contribution in [3.05, 3.63) is 53.9 Å². The maximum absolute atomic E-state index is 5.91. The highest BCUT2D eigenvalue weighted by atomic mass is 16.5. The average molecular weight is 286 g/mol. The lowest BCUT2D eigenvalue weighted by atomic mass is 10.1. The molecule has 0 spiro atoms. The molecule has 0 amide bonds. The van der Waals surface area contributed by atoms with Crippen LogP contribution < -0.4 is 15.2 Å². The summed E-state index contributed by atoms with van der Waals surface area (Å²) in [4.78, 5) is 4.29. The van der Waals surface area contributed by atoms with Gasteiger partial charge in [-0.3, -0.25) is 4.98 Å². The quantitative estimate of drug-likeness (QED) is 0.850. The van der Waals surface area contributed by atoms with Gasteiger partial charge in [0.2, 0.25) is 0 Å². The van der Waals surface area contributed by atoms with E-state index in [-0.39, 0.29) is 6.04 Å². The van der Waals surface area contributed by atoms with E-state index in [1.54, 1.807) is 13.3 Å². The number of ether oxygens (including phenoxy) is 2. The van der Waals surface area contributed by atoms with Gasteiger partial charge in [-0.2, -0.15) is 0 Å². The highest BCUT2D eigenvalue weighted by molar-refractivity contribution is 5.41. The molecule has 1 unspecified atom stereocenters. The summed E-state index contributed by atoms with van der Waals surface area (Å²) in [5.74, 6) is 1.62. The SMILES string of the molecule is COc1ccc(CC(C)N)c(OCCc2ccccn2)c1. The highest BCUT2D eigenvalue weighted by Crippen LogP contribution is 2.26. The average Bonchev–Trinajstić information content (AvgIpc) is 2.49. The molecule has 1 heterocycles. The molecular formula is C17H22N2O2. The van der Waals surface area contributed by atoms with Crippen LogP contribution in [0.5, 0.6) is 11.5 Å². The molecular weight excluding hydrogens is 264 g/mol. The van der Waals surface area contributed by atoms with Gasteiger partial charge in [-0.15, -0.1) is 0 Å². The number of benzene rings is 1. The second kappa shape index (κ2) is 7.64. The van der Waals surface area contributed by atoms with E-state index in [1.807, 2.05) is 43.3 Å². The Kier molecular flexibility index (Phi) is 5.58. The van der Waals surface area contributed by atoms with Crippen molar-refractivity contribution in [3.8, 4) is 11.5 Å². The van der Waals surface area contributed by atoms with Crippen LogP contribution in [0, 0.1) is 0 Å². The summed E-state index contributed by atoms with van der Waals surface area (Å²) >= 11 is 0. The molecule has 1 atom stereocenters. The third kappa shape index (κ3) is 4.76. The Labute approximate surface area is 125 Å². The topological polar surface area (TPSA) is 57.4 Å². The third-order valence-corrected chi connectivity index (χ3v) is 3.16. The fraction of sp³-hybridized carbons (Fsp3) is 0.353. The van der Waals surface area contributed by atoms with Gasteiger partial charge in [0.1, 0.15) is 11.5 Å². The lowest BCUT2D eigenvalue weighted by Crippen LogP contribution is -2.18. The maximum atomic E-state index is 5.91. The molecule has 0 saturated heterocycles. The smallest absolute Gasteiger partial charge is 0.126 e. The van der Waals surface area contributed by atoms with Gasteiger partial charge in [-0.1, -0.05) is 12.1 Å². The van der Waals surface area contributed by atoms with Crippen molar-refractivity contribution < 1.29 is 9.47 Å². The molecule has 112 valence electrons. The predicted octanol–water partition coefficient (Wildman–Crippen LogP) is 2.60. The first-order chi connectivity index (χ1) is 10.2. The van der Waals surface area contributed by atoms with E-state index >= 15 is 0 Å². The summed E-state index contributed by atoms with van der Waals surface area (Å²) < 4.78 is 11.2. The molecule has 0 fully saturated rings. The molecule has 2 aromatic rings. The van der Waals surface area contributed by atoms with Crippen LogP contribution in [-0.4, -0.2) is 24.7 Å².